The summed E-state index contributed by atoms with van der Waals surface area (Å²) < 4.78 is 21.6. The van der Waals surface area contributed by atoms with Crippen LogP contribution in [0, 0.1) is 11.8 Å². The molecule has 12 nitrogen and oxygen atoms in total. The van der Waals surface area contributed by atoms with Gasteiger partial charge in [-0.25, -0.2) is 9.78 Å². The molecule has 2 saturated carbocycles. The number of amides is 4. The number of ether oxygens (including phenoxy) is 3. The molecule has 3 aliphatic heterocycles. The first-order valence-corrected chi connectivity index (χ1v) is 21.1. The third kappa shape index (κ3) is 6.91. The van der Waals surface area contributed by atoms with E-state index in [1.165, 1.54) is 4.90 Å². The molecule has 3 aliphatic carbocycles. The second-order valence-electron chi connectivity index (χ2n) is 16.6. The van der Waals surface area contributed by atoms with Crippen molar-refractivity contribution in [2.45, 2.75) is 125 Å². The number of benzene rings is 1. The van der Waals surface area contributed by atoms with Crippen molar-refractivity contribution in [3.8, 4) is 11.5 Å². The van der Waals surface area contributed by atoms with E-state index in [0.29, 0.717) is 18.8 Å². The Morgan fingerprint density at radius 3 is 2.69 bits per heavy atom. The van der Waals surface area contributed by atoms with Crippen LogP contribution in [0.5, 0.6) is 11.5 Å². The number of alkyl carbamates (subject to hydrolysis) is 1. The number of hydrogen-bond donors (Lipinski definition) is 3. The van der Waals surface area contributed by atoms with E-state index in [2.05, 4.69) is 28.9 Å². The summed E-state index contributed by atoms with van der Waals surface area (Å²) in [6, 6.07) is 3.96. The minimum absolute atomic E-state index is 0.00896. The van der Waals surface area contributed by atoms with Crippen molar-refractivity contribution >= 4 is 50.8 Å². The van der Waals surface area contributed by atoms with Gasteiger partial charge in [-0.1, -0.05) is 41.7 Å². The predicted molar refractivity (Wildman–Crippen MR) is 212 cm³/mol. The zero-order valence-corrected chi connectivity index (χ0v) is 33.1. The van der Waals surface area contributed by atoms with E-state index >= 15 is 0 Å². The first-order valence-electron chi connectivity index (χ1n) is 19.9. The van der Waals surface area contributed by atoms with Crippen molar-refractivity contribution in [2.24, 2.45) is 11.8 Å². The molecule has 6 aliphatic rings. The van der Waals surface area contributed by atoms with E-state index in [4.69, 9.17) is 19.2 Å². The number of nitrogens with one attached hydrogen (secondary N) is 3. The molecule has 294 valence electrons. The van der Waals surface area contributed by atoms with Crippen LogP contribution in [0.3, 0.4) is 0 Å². The summed E-state index contributed by atoms with van der Waals surface area (Å²) in [5, 5.41) is 8.83. The Balaban J connectivity index is 1.14. The van der Waals surface area contributed by atoms with E-state index in [1.54, 1.807) is 26.2 Å². The Kier molecular flexibility index (Phi) is 9.74. The monoisotopic (exact) mass is 771 g/mol. The third-order valence-electron chi connectivity index (χ3n) is 12.7. The first-order chi connectivity index (χ1) is 26.4. The Labute approximate surface area is 325 Å². The average Bonchev–Trinajstić information content (AvgIpc) is 4.07. The highest BCUT2D eigenvalue weighted by atomic mass is 32.2. The van der Waals surface area contributed by atoms with Gasteiger partial charge in [0.05, 0.1) is 24.9 Å². The van der Waals surface area contributed by atoms with Gasteiger partial charge in [-0.3, -0.25) is 14.4 Å². The van der Waals surface area contributed by atoms with Gasteiger partial charge in [-0.2, -0.15) is 0 Å². The Morgan fingerprint density at radius 2 is 1.98 bits per heavy atom. The lowest BCUT2D eigenvalue weighted by Crippen LogP contribution is -2.66. The van der Waals surface area contributed by atoms with Gasteiger partial charge in [-0.15, -0.1) is 6.58 Å². The second kappa shape index (κ2) is 14.3. The number of rotatable bonds is 7. The number of methoxy groups -OCH3 is 1. The van der Waals surface area contributed by atoms with Gasteiger partial charge in [0.25, 0.3) is 5.91 Å². The molecular formula is C42H53N5O7S. The van der Waals surface area contributed by atoms with Crippen LogP contribution in [0.1, 0.15) is 89.8 Å². The summed E-state index contributed by atoms with van der Waals surface area (Å²) in [6.07, 6.45) is 13.3. The smallest absolute Gasteiger partial charge is 0.408 e. The van der Waals surface area contributed by atoms with Crippen LogP contribution < -0.4 is 24.8 Å². The number of fused-ring (bicyclic) bond motifs is 4. The molecule has 1 unspecified atom stereocenters. The van der Waals surface area contributed by atoms with Crippen molar-refractivity contribution in [1.82, 2.24) is 25.2 Å². The fourth-order valence-electron chi connectivity index (χ4n) is 8.91. The predicted octanol–water partition coefficient (Wildman–Crippen LogP) is 5.43. The molecule has 1 aromatic carbocycles. The van der Waals surface area contributed by atoms with Gasteiger partial charge < -0.3 is 34.5 Å². The maximum absolute atomic E-state index is 14.7. The Hall–Kier alpha value is -4.39. The van der Waals surface area contributed by atoms with Gasteiger partial charge in [0.1, 0.15) is 40.8 Å². The molecule has 3 fully saturated rings. The second-order valence-corrected chi connectivity index (χ2v) is 18.9. The summed E-state index contributed by atoms with van der Waals surface area (Å²) in [4.78, 5) is 62.9. The van der Waals surface area contributed by atoms with Crippen molar-refractivity contribution < 1.29 is 33.4 Å². The van der Waals surface area contributed by atoms with Crippen LogP contribution in [-0.4, -0.2) is 86.8 Å². The van der Waals surface area contributed by atoms with E-state index in [9.17, 15) is 19.2 Å². The summed E-state index contributed by atoms with van der Waals surface area (Å²) >= 11 is 0. The number of aromatic nitrogens is 1. The van der Waals surface area contributed by atoms with Crippen LogP contribution in [0.25, 0.3) is 10.9 Å². The number of nitrogens with zero attached hydrogens (tertiary/aromatic N) is 2. The minimum Gasteiger partial charge on any atom is -0.497 e. The van der Waals surface area contributed by atoms with Gasteiger partial charge in [0.15, 0.2) is 0 Å². The minimum atomic E-state index is -1.36. The average molecular weight is 772 g/mol. The molecular weight excluding hydrogens is 719 g/mol. The summed E-state index contributed by atoms with van der Waals surface area (Å²) in [7, 11) is 1.16. The number of aryl methyl sites for hydroxylation is 2. The van der Waals surface area contributed by atoms with E-state index in [-0.39, 0.29) is 29.7 Å². The van der Waals surface area contributed by atoms with Crippen LogP contribution in [0.4, 0.5) is 4.79 Å². The lowest BCUT2D eigenvalue weighted by atomic mass is 9.73. The number of pyridine rings is 1. The zero-order valence-electron chi connectivity index (χ0n) is 32.3. The van der Waals surface area contributed by atoms with Crippen molar-refractivity contribution in [3.05, 3.63) is 54.3 Å². The van der Waals surface area contributed by atoms with Crippen molar-refractivity contribution in [2.75, 3.05) is 13.7 Å². The van der Waals surface area contributed by atoms with Crippen molar-refractivity contribution in [3.63, 3.8) is 0 Å². The fourth-order valence-corrected chi connectivity index (χ4v) is 10.8. The molecule has 1 aromatic heterocycles. The molecule has 8 atom stereocenters. The molecule has 3 N–H and O–H groups in total. The molecule has 1 spiro atoms. The third-order valence-corrected chi connectivity index (χ3v) is 15.1. The lowest BCUT2D eigenvalue weighted by Gasteiger charge is -2.42. The van der Waals surface area contributed by atoms with Gasteiger partial charge >= 0.3 is 6.09 Å². The molecule has 3 bridgehead atoms. The lowest BCUT2D eigenvalue weighted by molar-refractivity contribution is -0.141. The molecule has 4 heterocycles. The first kappa shape index (κ1) is 37.5. The highest BCUT2D eigenvalue weighted by molar-refractivity contribution is 8.15. The van der Waals surface area contributed by atoms with E-state index < -0.39 is 57.7 Å². The van der Waals surface area contributed by atoms with Gasteiger partial charge in [0, 0.05) is 28.0 Å². The molecule has 1 saturated heterocycles. The topological polar surface area (TPSA) is 148 Å². The normalized spacial score (nSPS) is 32.7. The van der Waals surface area contributed by atoms with Gasteiger partial charge in [0.2, 0.25) is 11.8 Å². The molecule has 13 heteroatoms. The zero-order chi connectivity index (χ0) is 38.7. The number of carbonyl (C=O) groups is 4. The number of hydrogen-bond acceptors (Lipinski definition) is 8. The van der Waals surface area contributed by atoms with Crippen LogP contribution in [0.15, 0.2) is 43.0 Å². The molecule has 55 heavy (non-hydrogen) atoms. The summed E-state index contributed by atoms with van der Waals surface area (Å²) in [5.74, 6) is 0.135. The van der Waals surface area contributed by atoms with E-state index in [1.807, 2.05) is 36.6 Å². The summed E-state index contributed by atoms with van der Waals surface area (Å²) in [5.41, 5.74) is 0.544. The Morgan fingerprint density at radius 1 is 1.16 bits per heavy atom. The molecule has 0 radical (unpaired) electrons. The van der Waals surface area contributed by atoms with Gasteiger partial charge in [-0.05, 0) is 102 Å². The quantitative estimate of drug-likeness (QED) is 0.250. The fraction of sp³-hybridized carbons (Fsp3) is 0.571. The highest BCUT2D eigenvalue weighted by Gasteiger charge is 2.56. The van der Waals surface area contributed by atoms with Crippen LogP contribution >= 0.6 is 10.7 Å². The SMILES string of the molecule is C=C[C@@H]1C=C[C@]1(NC(=O)[C@@H]1C[C@]23CCc4c(c(nc5ccc(OC)cc45)CCCCC[C@@H]4C[C@H]4OC(=O)N[C@@H](C)C(=O)N1C2)O3)C(=O)N/S(=C/C)C1(C)CC1. The highest BCUT2D eigenvalue weighted by Crippen LogP contribution is 2.51. The maximum Gasteiger partial charge on any atom is 0.408 e. The Bertz CT molecular complexity index is 2010. The number of carbonyl (C=O) groups excluding carboxylic acids is 4. The summed E-state index contributed by atoms with van der Waals surface area (Å²) in [6.45, 7) is 9.81. The van der Waals surface area contributed by atoms with Crippen LogP contribution in [-0.2, 0) is 32.0 Å². The maximum atomic E-state index is 14.7. The molecule has 8 rings (SSSR count). The van der Waals surface area contributed by atoms with Crippen molar-refractivity contribution in [1.29, 1.82) is 0 Å². The molecule has 2 aromatic rings. The van der Waals surface area contributed by atoms with Crippen LogP contribution in [0.2, 0.25) is 0 Å². The molecule has 4 amide bonds. The standard InChI is InChI=1S/C42H53N5O7S/c1-6-27-15-18-42(27,38(50)46-55(7-2)40(4)19-20-40)45-36(48)33-23-41-17-16-29-30-22-28(52-5)13-14-31(30)44-32(35(29)54-41)12-10-8-9-11-26-21-34(26)53-39(51)43-25(3)37(49)47(33)24-41/h6-7,13-15,18,22,25-27,33-34H,1,8-12,16-17,19-21,23-24H2,2-5H3,(H,43,51)(H,45,48)(H,46,50)/t25-,26+,27+,33-,34+,41+,42+,55?/m0/s1. The van der Waals surface area contributed by atoms with E-state index in [0.717, 1.165) is 85.0 Å². The largest absolute Gasteiger partial charge is 0.497 e.